The number of nitrogens with zero attached hydrogens (tertiary/aromatic N) is 2. The van der Waals surface area contributed by atoms with Gasteiger partial charge in [0.25, 0.3) is 11.6 Å². The Morgan fingerprint density at radius 2 is 1.84 bits per heavy atom. The van der Waals surface area contributed by atoms with E-state index in [2.05, 4.69) is 10.2 Å². The molecule has 0 saturated carbocycles. The maximum absolute atomic E-state index is 13.7. The number of nitrogens with one attached hydrogen (secondary N) is 1. The van der Waals surface area contributed by atoms with Gasteiger partial charge in [0.15, 0.2) is 0 Å². The Morgan fingerprint density at radius 1 is 1.20 bits per heavy atom. The molecule has 25 heavy (non-hydrogen) atoms. The topological polar surface area (TPSA) is 75.5 Å². The standard InChI is InChI=1S/C18H20FN3O3/c1-12-15(19)8-9-16(22(24)25)17(12)18(23)20-14-6-4-13(5-7-14)10-11-21(2)3/h4-9H,10-11H2,1-3H3,(H,20,23). The number of hydrogen-bond acceptors (Lipinski definition) is 4. The van der Waals surface area contributed by atoms with Crippen LogP contribution in [0.3, 0.4) is 0 Å². The van der Waals surface area contributed by atoms with Gasteiger partial charge >= 0.3 is 0 Å². The average Bonchev–Trinajstić information content (AvgIpc) is 2.56. The molecule has 0 fully saturated rings. The zero-order chi connectivity index (χ0) is 18.6. The van der Waals surface area contributed by atoms with E-state index in [4.69, 9.17) is 0 Å². The van der Waals surface area contributed by atoms with E-state index in [1.54, 1.807) is 12.1 Å². The van der Waals surface area contributed by atoms with E-state index < -0.39 is 22.3 Å². The molecule has 6 nitrogen and oxygen atoms in total. The summed E-state index contributed by atoms with van der Waals surface area (Å²) in [7, 11) is 3.98. The lowest BCUT2D eigenvalue weighted by Crippen LogP contribution is -2.17. The van der Waals surface area contributed by atoms with E-state index in [1.165, 1.54) is 6.92 Å². The van der Waals surface area contributed by atoms with Crippen LogP contribution in [0.2, 0.25) is 0 Å². The number of rotatable bonds is 6. The number of carbonyl (C=O) groups excluding carboxylic acids is 1. The van der Waals surface area contributed by atoms with Crippen LogP contribution in [0.5, 0.6) is 0 Å². The van der Waals surface area contributed by atoms with E-state index in [1.807, 2.05) is 26.2 Å². The number of nitro groups is 1. The van der Waals surface area contributed by atoms with Crippen molar-refractivity contribution in [3.63, 3.8) is 0 Å². The normalized spacial score (nSPS) is 10.8. The SMILES string of the molecule is Cc1c(F)ccc([N+](=O)[O-])c1C(=O)Nc1ccc(CCN(C)C)cc1. The first-order valence-electron chi connectivity index (χ1n) is 7.78. The van der Waals surface area contributed by atoms with Crippen LogP contribution in [-0.2, 0) is 6.42 Å². The third kappa shape index (κ3) is 4.60. The lowest BCUT2D eigenvalue weighted by Gasteiger charge is -2.11. The van der Waals surface area contributed by atoms with Gasteiger partial charge in [0.05, 0.1) is 4.92 Å². The van der Waals surface area contributed by atoms with E-state index in [0.717, 1.165) is 30.7 Å². The lowest BCUT2D eigenvalue weighted by molar-refractivity contribution is -0.385. The summed E-state index contributed by atoms with van der Waals surface area (Å²) in [5, 5.41) is 13.7. The quantitative estimate of drug-likeness (QED) is 0.643. The van der Waals surface area contributed by atoms with Gasteiger partial charge in [0.2, 0.25) is 0 Å². The maximum atomic E-state index is 13.7. The van der Waals surface area contributed by atoms with Crippen molar-refractivity contribution in [2.24, 2.45) is 0 Å². The van der Waals surface area contributed by atoms with Crippen molar-refractivity contribution in [3.05, 3.63) is 69.0 Å². The molecule has 2 aromatic rings. The van der Waals surface area contributed by atoms with Gasteiger partial charge in [0.1, 0.15) is 11.4 Å². The minimum absolute atomic E-state index is 0.0469. The Morgan fingerprint density at radius 3 is 2.40 bits per heavy atom. The van der Waals surface area contributed by atoms with Gasteiger partial charge in [-0.2, -0.15) is 0 Å². The van der Waals surface area contributed by atoms with Gasteiger partial charge in [-0.05, 0) is 51.2 Å². The molecule has 0 heterocycles. The predicted molar refractivity (Wildman–Crippen MR) is 94.4 cm³/mol. The second kappa shape index (κ2) is 7.85. The van der Waals surface area contributed by atoms with Crippen molar-refractivity contribution < 1.29 is 14.1 Å². The van der Waals surface area contributed by atoms with Gasteiger partial charge in [-0.25, -0.2) is 4.39 Å². The summed E-state index contributed by atoms with van der Waals surface area (Å²) in [6, 6.07) is 9.20. The average molecular weight is 345 g/mol. The van der Waals surface area contributed by atoms with Crippen molar-refractivity contribution in [3.8, 4) is 0 Å². The molecule has 0 aliphatic heterocycles. The summed E-state index contributed by atoms with van der Waals surface area (Å²) in [5.74, 6) is -1.36. The van der Waals surface area contributed by atoms with E-state index in [9.17, 15) is 19.3 Å². The number of benzene rings is 2. The fourth-order valence-electron chi connectivity index (χ4n) is 2.41. The molecule has 132 valence electrons. The lowest BCUT2D eigenvalue weighted by atomic mass is 10.0. The van der Waals surface area contributed by atoms with Crippen LogP contribution < -0.4 is 5.32 Å². The Balaban J connectivity index is 2.20. The van der Waals surface area contributed by atoms with Crippen molar-refractivity contribution in [1.29, 1.82) is 0 Å². The minimum Gasteiger partial charge on any atom is -0.322 e. The Bertz CT molecular complexity index is 789. The molecule has 0 spiro atoms. The number of anilines is 1. The van der Waals surface area contributed by atoms with Gasteiger partial charge in [-0.1, -0.05) is 12.1 Å². The zero-order valence-corrected chi connectivity index (χ0v) is 14.4. The first-order chi connectivity index (χ1) is 11.8. The molecule has 0 radical (unpaired) electrons. The largest absolute Gasteiger partial charge is 0.322 e. The first-order valence-corrected chi connectivity index (χ1v) is 7.78. The maximum Gasteiger partial charge on any atom is 0.282 e. The smallest absolute Gasteiger partial charge is 0.282 e. The first kappa shape index (κ1) is 18.5. The highest BCUT2D eigenvalue weighted by molar-refractivity contribution is 6.08. The minimum atomic E-state index is -0.704. The second-order valence-electron chi connectivity index (χ2n) is 6.03. The second-order valence-corrected chi connectivity index (χ2v) is 6.03. The highest BCUT2D eigenvalue weighted by atomic mass is 19.1. The third-order valence-electron chi connectivity index (χ3n) is 3.86. The van der Waals surface area contributed by atoms with Crippen molar-refractivity contribution >= 4 is 17.3 Å². The fourth-order valence-corrected chi connectivity index (χ4v) is 2.41. The van der Waals surface area contributed by atoms with Gasteiger partial charge in [-0.3, -0.25) is 14.9 Å². The monoisotopic (exact) mass is 345 g/mol. The molecule has 1 amide bonds. The zero-order valence-electron chi connectivity index (χ0n) is 14.4. The number of hydrogen-bond donors (Lipinski definition) is 1. The highest BCUT2D eigenvalue weighted by Gasteiger charge is 2.24. The van der Waals surface area contributed by atoms with E-state index >= 15 is 0 Å². The molecule has 0 bridgehead atoms. The van der Waals surface area contributed by atoms with Gasteiger partial charge in [0, 0.05) is 23.9 Å². The molecule has 2 rings (SSSR count). The predicted octanol–water partition coefficient (Wildman–Crippen LogP) is 3.40. The molecule has 0 aromatic heterocycles. The number of nitro benzene ring substituents is 1. The fraction of sp³-hybridized carbons (Fsp3) is 0.278. The Hall–Kier alpha value is -2.80. The third-order valence-corrected chi connectivity index (χ3v) is 3.86. The summed E-state index contributed by atoms with van der Waals surface area (Å²) in [4.78, 5) is 24.9. The number of likely N-dealkylation sites (N-methyl/N-ethyl adjacent to an activating group) is 1. The van der Waals surface area contributed by atoms with Crippen LogP contribution in [-0.4, -0.2) is 36.4 Å². The Kier molecular flexibility index (Phi) is 5.82. The summed E-state index contributed by atoms with van der Waals surface area (Å²) in [6.07, 6.45) is 0.871. The molecule has 2 aromatic carbocycles. The van der Waals surface area contributed by atoms with Crippen LogP contribution >= 0.6 is 0 Å². The molecule has 0 aliphatic carbocycles. The summed E-state index contributed by atoms with van der Waals surface area (Å²) >= 11 is 0. The molecule has 1 N–H and O–H groups in total. The summed E-state index contributed by atoms with van der Waals surface area (Å²) in [6.45, 7) is 2.25. The number of halogens is 1. The van der Waals surface area contributed by atoms with Crippen LogP contribution in [0, 0.1) is 22.9 Å². The van der Waals surface area contributed by atoms with Gasteiger partial charge < -0.3 is 10.2 Å². The van der Waals surface area contributed by atoms with Crippen molar-refractivity contribution in [2.45, 2.75) is 13.3 Å². The van der Waals surface area contributed by atoms with Crippen LogP contribution in [0.4, 0.5) is 15.8 Å². The van der Waals surface area contributed by atoms with Gasteiger partial charge in [-0.15, -0.1) is 0 Å². The molecular weight excluding hydrogens is 325 g/mol. The van der Waals surface area contributed by atoms with Crippen molar-refractivity contribution in [1.82, 2.24) is 4.90 Å². The van der Waals surface area contributed by atoms with E-state index in [0.29, 0.717) is 5.69 Å². The number of carbonyl (C=O) groups is 1. The molecular formula is C18H20FN3O3. The van der Waals surface area contributed by atoms with Crippen LogP contribution in [0.15, 0.2) is 36.4 Å². The van der Waals surface area contributed by atoms with Crippen LogP contribution in [0.25, 0.3) is 0 Å². The summed E-state index contributed by atoms with van der Waals surface area (Å²) in [5.41, 5.74) is 0.881. The molecule has 0 saturated heterocycles. The molecule has 0 aliphatic rings. The highest BCUT2D eigenvalue weighted by Crippen LogP contribution is 2.25. The van der Waals surface area contributed by atoms with Crippen LogP contribution in [0.1, 0.15) is 21.5 Å². The molecule has 7 heteroatoms. The van der Waals surface area contributed by atoms with E-state index in [-0.39, 0.29) is 11.1 Å². The molecule has 0 unspecified atom stereocenters. The molecule has 0 atom stereocenters. The Labute approximate surface area is 145 Å². The summed E-state index contributed by atoms with van der Waals surface area (Å²) < 4.78 is 13.7. The van der Waals surface area contributed by atoms with Crippen molar-refractivity contribution in [2.75, 3.05) is 26.0 Å². The number of amides is 1.